The predicted octanol–water partition coefficient (Wildman–Crippen LogP) is 2.16. The van der Waals surface area contributed by atoms with Gasteiger partial charge in [-0.25, -0.2) is 13.1 Å². The van der Waals surface area contributed by atoms with Crippen molar-refractivity contribution in [1.82, 2.24) is 13.7 Å². The summed E-state index contributed by atoms with van der Waals surface area (Å²) < 4.78 is 35.2. The zero-order chi connectivity index (χ0) is 24.3. The number of amides is 1. The Morgan fingerprint density at radius 3 is 2.32 bits per heavy atom. The highest BCUT2D eigenvalue weighted by Gasteiger charge is 2.26. The van der Waals surface area contributed by atoms with Crippen LogP contribution in [0.2, 0.25) is 0 Å². The maximum Gasteiger partial charge on any atom is 0.295 e. The molecule has 1 amide bonds. The summed E-state index contributed by atoms with van der Waals surface area (Å²) in [5.41, 5.74) is 1.84. The molecule has 9 nitrogen and oxygen atoms in total. The summed E-state index contributed by atoms with van der Waals surface area (Å²) in [5, 5.41) is 2.66. The van der Waals surface area contributed by atoms with Gasteiger partial charge in [0, 0.05) is 26.2 Å². The van der Waals surface area contributed by atoms with Gasteiger partial charge >= 0.3 is 0 Å². The lowest BCUT2D eigenvalue weighted by Gasteiger charge is -2.26. The van der Waals surface area contributed by atoms with Gasteiger partial charge < -0.3 is 10.1 Å². The molecule has 1 aromatic heterocycles. The zero-order valence-corrected chi connectivity index (χ0v) is 19.8. The summed E-state index contributed by atoms with van der Waals surface area (Å²) >= 11 is 0. The van der Waals surface area contributed by atoms with Crippen molar-refractivity contribution < 1.29 is 17.9 Å². The molecule has 0 aliphatic carbocycles. The Balaban J connectivity index is 1.47. The molecular weight excluding hydrogens is 456 g/mol. The average Bonchev–Trinajstić information content (AvgIpc) is 3.07. The molecule has 0 unspecified atom stereocenters. The highest BCUT2D eigenvalue weighted by molar-refractivity contribution is 7.89. The predicted molar refractivity (Wildman–Crippen MR) is 129 cm³/mol. The third-order valence-corrected chi connectivity index (χ3v) is 7.63. The Hall–Kier alpha value is -3.47. The molecular formula is C24H26N4O5S. The van der Waals surface area contributed by atoms with Crippen LogP contribution in [0.15, 0.2) is 70.4 Å². The van der Waals surface area contributed by atoms with Gasteiger partial charge in [0.15, 0.2) is 0 Å². The Morgan fingerprint density at radius 1 is 1.03 bits per heavy atom. The molecule has 1 N–H and O–H groups in total. The summed E-state index contributed by atoms with van der Waals surface area (Å²) in [6, 6.07) is 15.5. The van der Waals surface area contributed by atoms with E-state index in [9.17, 15) is 18.0 Å². The van der Waals surface area contributed by atoms with Crippen LogP contribution < -0.4 is 10.9 Å². The van der Waals surface area contributed by atoms with Crippen LogP contribution in [-0.2, 0) is 26.6 Å². The number of hydrogen-bond donors (Lipinski definition) is 1. The van der Waals surface area contributed by atoms with Crippen molar-refractivity contribution in [2.75, 3.05) is 31.6 Å². The molecule has 0 radical (unpaired) electrons. The topological polar surface area (TPSA) is 103 Å². The van der Waals surface area contributed by atoms with E-state index < -0.39 is 15.9 Å². The standard InChI is InChI=1S/C24H26N4O5S/c1-18-23(24(30)28(26(18)2)20-6-4-3-5-7-20)25-22(29)13-10-19-8-11-21(12-9-19)34(31,32)27-14-16-33-17-15-27/h3-13H,14-17H2,1-2H3,(H,25,29). The Morgan fingerprint density at radius 2 is 1.68 bits per heavy atom. The SMILES string of the molecule is Cc1c(NC(=O)C=Cc2ccc(S(=O)(=O)N3CCOCC3)cc2)c(=O)n(-c2ccccc2)n1C. The number of sulfonamides is 1. The Kier molecular flexibility index (Phi) is 6.82. The number of nitrogens with zero attached hydrogens (tertiary/aromatic N) is 3. The van der Waals surface area contributed by atoms with Gasteiger partial charge in [0.25, 0.3) is 5.56 Å². The van der Waals surface area contributed by atoms with Crippen LogP contribution in [0.25, 0.3) is 11.8 Å². The summed E-state index contributed by atoms with van der Waals surface area (Å²) in [5.74, 6) is -0.462. The summed E-state index contributed by atoms with van der Waals surface area (Å²) in [7, 11) is -1.82. The lowest BCUT2D eigenvalue weighted by molar-refractivity contribution is -0.111. The highest BCUT2D eigenvalue weighted by Crippen LogP contribution is 2.18. The molecule has 4 rings (SSSR count). The number of benzene rings is 2. The number of ether oxygens (including phenoxy) is 1. The van der Waals surface area contributed by atoms with Crippen molar-refractivity contribution in [3.05, 3.63) is 82.3 Å². The number of carbonyl (C=O) groups excluding carboxylic acids is 1. The molecule has 1 aliphatic heterocycles. The lowest BCUT2D eigenvalue weighted by atomic mass is 10.2. The number of aromatic nitrogens is 2. The van der Waals surface area contributed by atoms with E-state index in [1.54, 1.807) is 36.9 Å². The van der Waals surface area contributed by atoms with Crippen LogP contribution in [0.1, 0.15) is 11.3 Å². The Labute approximate surface area is 197 Å². The van der Waals surface area contributed by atoms with Crippen molar-refractivity contribution in [2.45, 2.75) is 11.8 Å². The smallest absolute Gasteiger partial charge is 0.295 e. The van der Waals surface area contributed by atoms with Crippen molar-refractivity contribution in [3.63, 3.8) is 0 Å². The van der Waals surface area contributed by atoms with Crippen LogP contribution in [0.5, 0.6) is 0 Å². The maximum absolute atomic E-state index is 12.9. The molecule has 0 atom stereocenters. The molecule has 2 heterocycles. The van der Waals surface area contributed by atoms with Gasteiger partial charge in [-0.1, -0.05) is 30.3 Å². The fourth-order valence-corrected chi connectivity index (χ4v) is 5.14. The van der Waals surface area contributed by atoms with E-state index in [0.29, 0.717) is 43.2 Å². The van der Waals surface area contributed by atoms with Gasteiger partial charge in [-0.2, -0.15) is 4.31 Å². The molecule has 0 saturated carbocycles. The van der Waals surface area contributed by atoms with E-state index in [0.717, 1.165) is 0 Å². The minimum atomic E-state index is -3.57. The van der Waals surface area contributed by atoms with Crippen molar-refractivity contribution in [3.8, 4) is 5.69 Å². The molecule has 10 heteroatoms. The quantitative estimate of drug-likeness (QED) is 0.543. The summed E-state index contributed by atoms with van der Waals surface area (Å²) in [4.78, 5) is 25.6. The Bertz CT molecular complexity index is 1370. The number of anilines is 1. The van der Waals surface area contributed by atoms with Gasteiger partial charge in [-0.3, -0.25) is 14.3 Å². The molecule has 178 valence electrons. The number of nitrogens with one attached hydrogen (secondary N) is 1. The van der Waals surface area contributed by atoms with Crippen LogP contribution in [0.3, 0.4) is 0 Å². The van der Waals surface area contributed by atoms with Crippen LogP contribution in [0.4, 0.5) is 5.69 Å². The number of rotatable bonds is 6. The van der Waals surface area contributed by atoms with E-state index in [1.165, 1.54) is 27.2 Å². The minimum Gasteiger partial charge on any atom is -0.379 e. The molecule has 0 bridgehead atoms. The van der Waals surface area contributed by atoms with Gasteiger partial charge in [0.2, 0.25) is 15.9 Å². The number of morpholine rings is 1. The van der Waals surface area contributed by atoms with E-state index in [-0.39, 0.29) is 16.1 Å². The second-order valence-electron chi connectivity index (χ2n) is 7.84. The summed E-state index contributed by atoms with van der Waals surface area (Å²) in [6.07, 6.45) is 2.87. The van der Waals surface area contributed by atoms with Crippen molar-refractivity contribution >= 4 is 27.7 Å². The van der Waals surface area contributed by atoms with E-state index in [4.69, 9.17) is 4.74 Å². The zero-order valence-electron chi connectivity index (χ0n) is 19.0. The van der Waals surface area contributed by atoms with E-state index in [1.807, 2.05) is 30.3 Å². The molecule has 1 saturated heterocycles. The maximum atomic E-state index is 12.9. The van der Waals surface area contributed by atoms with Gasteiger partial charge in [0.05, 0.1) is 29.5 Å². The van der Waals surface area contributed by atoms with Gasteiger partial charge in [0.1, 0.15) is 5.69 Å². The van der Waals surface area contributed by atoms with E-state index >= 15 is 0 Å². The molecule has 2 aromatic carbocycles. The normalized spacial score (nSPS) is 15.0. The monoisotopic (exact) mass is 482 g/mol. The fourth-order valence-electron chi connectivity index (χ4n) is 3.74. The van der Waals surface area contributed by atoms with Crippen LogP contribution in [0, 0.1) is 6.92 Å². The first-order chi connectivity index (χ1) is 16.3. The first-order valence-electron chi connectivity index (χ1n) is 10.8. The molecule has 3 aromatic rings. The highest BCUT2D eigenvalue weighted by atomic mass is 32.2. The van der Waals surface area contributed by atoms with Crippen LogP contribution >= 0.6 is 0 Å². The van der Waals surface area contributed by atoms with Crippen molar-refractivity contribution in [2.24, 2.45) is 7.05 Å². The number of para-hydroxylation sites is 1. The molecule has 34 heavy (non-hydrogen) atoms. The van der Waals surface area contributed by atoms with Crippen LogP contribution in [-0.4, -0.2) is 54.3 Å². The second kappa shape index (κ2) is 9.80. The number of carbonyl (C=O) groups is 1. The van der Waals surface area contributed by atoms with Crippen molar-refractivity contribution in [1.29, 1.82) is 0 Å². The molecule has 1 fully saturated rings. The molecule has 1 aliphatic rings. The average molecular weight is 483 g/mol. The third-order valence-electron chi connectivity index (χ3n) is 5.72. The second-order valence-corrected chi connectivity index (χ2v) is 9.78. The lowest BCUT2D eigenvalue weighted by Crippen LogP contribution is -2.40. The molecule has 0 spiro atoms. The first-order valence-corrected chi connectivity index (χ1v) is 12.2. The first kappa shape index (κ1) is 23.7. The number of hydrogen-bond acceptors (Lipinski definition) is 5. The largest absolute Gasteiger partial charge is 0.379 e. The van der Waals surface area contributed by atoms with Gasteiger partial charge in [-0.15, -0.1) is 0 Å². The van der Waals surface area contributed by atoms with Gasteiger partial charge in [-0.05, 0) is 42.8 Å². The minimum absolute atomic E-state index is 0.192. The summed E-state index contributed by atoms with van der Waals surface area (Å²) in [6.45, 7) is 3.18. The fraction of sp³-hybridized carbons (Fsp3) is 0.250. The van der Waals surface area contributed by atoms with E-state index in [2.05, 4.69) is 5.32 Å². The third kappa shape index (κ3) is 4.74.